The van der Waals surface area contributed by atoms with Crippen molar-refractivity contribution in [2.24, 2.45) is 0 Å². The van der Waals surface area contributed by atoms with E-state index in [1.54, 1.807) is 0 Å². The Bertz CT molecular complexity index is 1150. The van der Waals surface area contributed by atoms with Gasteiger partial charge in [0.05, 0.1) is 16.8 Å². The molecule has 1 fully saturated rings. The van der Waals surface area contributed by atoms with Crippen LogP contribution in [0.4, 0.5) is 0 Å². The maximum Gasteiger partial charge on any atom is 0.140 e. The molecule has 2 aliphatic rings. The fourth-order valence-corrected chi connectivity index (χ4v) is 5.79. The molecule has 1 N–H and O–H groups in total. The highest BCUT2D eigenvalue weighted by molar-refractivity contribution is 6.35. The summed E-state index contributed by atoms with van der Waals surface area (Å²) in [4.78, 5) is 2.50. The summed E-state index contributed by atoms with van der Waals surface area (Å²) >= 11 is 19.7. The van der Waals surface area contributed by atoms with E-state index in [1.165, 1.54) is 0 Å². The summed E-state index contributed by atoms with van der Waals surface area (Å²) in [5.41, 5.74) is 3.05. The van der Waals surface area contributed by atoms with E-state index in [9.17, 15) is 0 Å². The molecule has 1 aliphatic heterocycles. The highest BCUT2D eigenvalue weighted by Gasteiger charge is 2.40. The van der Waals surface area contributed by atoms with E-state index in [-0.39, 0.29) is 12.1 Å². The van der Waals surface area contributed by atoms with E-state index >= 15 is 0 Å². The molecule has 2 heterocycles. The molecule has 0 saturated carbocycles. The molecule has 9 heteroatoms. The van der Waals surface area contributed by atoms with Crippen molar-refractivity contribution in [3.63, 3.8) is 0 Å². The second kappa shape index (κ2) is 9.43. The van der Waals surface area contributed by atoms with Crippen molar-refractivity contribution in [3.8, 4) is 11.4 Å². The van der Waals surface area contributed by atoms with Gasteiger partial charge in [0, 0.05) is 28.7 Å². The number of ether oxygens (including phenoxy) is 1. The van der Waals surface area contributed by atoms with Crippen molar-refractivity contribution >= 4 is 34.8 Å². The van der Waals surface area contributed by atoms with Crippen molar-refractivity contribution in [2.45, 2.75) is 38.8 Å². The Labute approximate surface area is 208 Å². The summed E-state index contributed by atoms with van der Waals surface area (Å²) in [6.07, 6.45) is 1.71. The summed E-state index contributed by atoms with van der Waals surface area (Å²) in [7, 11) is 0. The molecule has 1 saturated heterocycles. The van der Waals surface area contributed by atoms with Gasteiger partial charge in [0.1, 0.15) is 23.5 Å². The number of hydrogen-bond donors (Lipinski definition) is 1. The van der Waals surface area contributed by atoms with Crippen molar-refractivity contribution in [1.82, 2.24) is 25.0 Å². The topological polar surface area (TPSA) is 55.2 Å². The van der Waals surface area contributed by atoms with Crippen LogP contribution in [0.15, 0.2) is 30.3 Å². The maximum atomic E-state index is 6.72. The zero-order valence-electron chi connectivity index (χ0n) is 18.6. The Kier molecular flexibility index (Phi) is 6.56. The maximum absolute atomic E-state index is 6.72. The third-order valence-corrected chi connectivity index (χ3v) is 7.37. The molecule has 0 bridgehead atoms. The van der Waals surface area contributed by atoms with Gasteiger partial charge >= 0.3 is 0 Å². The molecule has 3 aromatic rings. The summed E-state index contributed by atoms with van der Waals surface area (Å²) in [6, 6.07) is 9.75. The first-order valence-corrected chi connectivity index (χ1v) is 12.3. The normalized spacial score (nSPS) is 21.1. The van der Waals surface area contributed by atoms with Crippen LogP contribution in [0, 0.1) is 13.8 Å². The van der Waals surface area contributed by atoms with Crippen LogP contribution in [-0.2, 0) is 6.42 Å². The average Bonchev–Trinajstić information content (AvgIpc) is 3.16. The van der Waals surface area contributed by atoms with Gasteiger partial charge < -0.3 is 10.1 Å². The molecule has 6 nitrogen and oxygen atoms in total. The van der Waals surface area contributed by atoms with E-state index < -0.39 is 0 Å². The number of rotatable bonds is 4. The Morgan fingerprint density at radius 2 is 1.76 bits per heavy atom. The molecule has 2 atom stereocenters. The molecule has 33 heavy (non-hydrogen) atoms. The Balaban J connectivity index is 1.49. The Hall–Kier alpha value is -1.83. The number of benzene rings is 2. The molecule has 174 valence electrons. The lowest BCUT2D eigenvalue weighted by Gasteiger charge is -2.32. The van der Waals surface area contributed by atoms with Crippen molar-refractivity contribution in [1.29, 1.82) is 0 Å². The third-order valence-electron chi connectivity index (χ3n) is 6.52. The Morgan fingerprint density at radius 1 is 0.970 bits per heavy atom. The standard InChI is InChI=1S/C24H26Cl3N5O/c1-14-29-30-15(2)32(14)17-4-5-23(21(27)12-17)33-24-19-10-16(25)11-20(26)18(19)13-22(24)31-8-3-6-28-7-9-31/h4-5,10-12,22,24,28H,3,6-9,13H2,1-2H3. The smallest absolute Gasteiger partial charge is 0.140 e. The van der Waals surface area contributed by atoms with Gasteiger partial charge in [0.25, 0.3) is 0 Å². The zero-order valence-corrected chi connectivity index (χ0v) is 20.9. The molecule has 0 amide bonds. The van der Waals surface area contributed by atoms with E-state index in [0.717, 1.165) is 67.5 Å². The van der Waals surface area contributed by atoms with Crippen molar-refractivity contribution in [3.05, 3.63) is 68.2 Å². The molecule has 1 aliphatic carbocycles. The number of aryl methyl sites for hydroxylation is 2. The molecule has 2 aromatic carbocycles. The van der Waals surface area contributed by atoms with Gasteiger partial charge in [-0.2, -0.15) is 0 Å². The SMILES string of the molecule is Cc1nnc(C)n1-c1ccc(OC2c3cc(Cl)cc(Cl)c3CC2N2CCCNCC2)c(Cl)c1. The first-order chi connectivity index (χ1) is 15.9. The number of halogens is 3. The monoisotopic (exact) mass is 505 g/mol. The molecule has 1 aromatic heterocycles. The zero-order chi connectivity index (χ0) is 23.1. The van der Waals surface area contributed by atoms with Crippen LogP contribution >= 0.6 is 34.8 Å². The summed E-state index contributed by atoms with van der Waals surface area (Å²) in [5.74, 6) is 2.25. The first-order valence-electron chi connectivity index (χ1n) is 11.2. The van der Waals surface area contributed by atoms with Gasteiger partial charge in [-0.25, -0.2) is 0 Å². The van der Waals surface area contributed by atoms with Crippen LogP contribution in [0.5, 0.6) is 5.75 Å². The fourth-order valence-electron chi connectivity index (χ4n) is 4.98. The molecule has 2 unspecified atom stereocenters. The highest BCUT2D eigenvalue weighted by atomic mass is 35.5. The second-order valence-electron chi connectivity index (χ2n) is 8.65. The fraction of sp³-hybridized carbons (Fsp3) is 0.417. The lowest BCUT2D eigenvalue weighted by molar-refractivity contribution is 0.0822. The minimum Gasteiger partial charge on any atom is -0.482 e. The van der Waals surface area contributed by atoms with Crippen LogP contribution in [-0.4, -0.2) is 51.9 Å². The summed E-state index contributed by atoms with van der Waals surface area (Å²) in [5, 5.41) is 13.6. The van der Waals surface area contributed by atoms with Gasteiger partial charge in [-0.3, -0.25) is 9.47 Å². The molecular weight excluding hydrogens is 481 g/mol. The predicted molar refractivity (Wildman–Crippen MR) is 132 cm³/mol. The molecular formula is C24H26Cl3N5O. The lowest BCUT2D eigenvalue weighted by Crippen LogP contribution is -2.42. The average molecular weight is 507 g/mol. The van der Waals surface area contributed by atoms with Gasteiger partial charge in [-0.15, -0.1) is 10.2 Å². The van der Waals surface area contributed by atoms with E-state index in [2.05, 4.69) is 20.4 Å². The van der Waals surface area contributed by atoms with Crippen LogP contribution in [0.3, 0.4) is 0 Å². The van der Waals surface area contributed by atoms with Crippen LogP contribution < -0.4 is 10.1 Å². The van der Waals surface area contributed by atoms with E-state index in [0.29, 0.717) is 20.8 Å². The van der Waals surface area contributed by atoms with Gasteiger partial charge in [0.15, 0.2) is 0 Å². The van der Waals surface area contributed by atoms with Crippen molar-refractivity contribution < 1.29 is 4.74 Å². The number of aromatic nitrogens is 3. The largest absolute Gasteiger partial charge is 0.482 e. The van der Waals surface area contributed by atoms with Gasteiger partial charge in [-0.05, 0) is 75.7 Å². The van der Waals surface area contributed by atoms with E-state index in [4.69, 9.17) is 39.5 Å². The van der Waals surface area contributed by atoms with Crippen molar-refractivity contribution in [2.75, 3.05) is 26.2 Å². The highest BCUT2D eigenvalue weighted by Crippen LogP contribution is 2.44. The third kappa shape index (κ3) is 4.47. The minimum atomic E-state index is -0.212. The number of nitrogens with zero attached hydrogens (tertiary/aromatic N) is 4. The van der Waals surface area contributed by atoms with Gasteiger partial charge in [-0.1, -0.05) is 34.8 Å². The predicted octanol–water partition coefficient (Wildman–Crippen LogP) is 5.18. The van der Waals surface area contributed by atoms with Gasteiger partial charge in [0.2, 0.25) is 0 Å². The Morgan fingerprint density at radius 3 is 2.52 bits per heavy atom. The first kappa shape index (κ1) is 22.9. The molecule has 0 spiro atoms. The quantitative estimate of drug-likeness (QED) is 0.528. The molecule has 0 radical (unpaired) electrons. The van der Waals surface area contributed by atoms with E-state index in [1.807, 2.05) is 48.7 Å². The lowest BCUT2D eigenvalue weighted by atomic mass is 10.1. The van der Waals surface area contributed by atoms with Crippen LogP contribution in [0.2, 0.25) is 15.1 Å². The number of fused-ring (bicyclic) bond motifs is 1. The minimum absolute atomic E-state index is 0.161. The number of nitrogens with one attached hydrogen (secondary N) is 1. The molecule has 5 rings (SSSR count). The number of hydrogen-bond acceptors (Lipinski definition) is 5. The van der Waals surface area contributed by atoms with Crippen LogP contribution in [0.1, 0.15) is 35.3 Å². The second-order valence-corrected chi connectivity index (χ2v) is 9.90. The van der Waals surface area contributed by atoms with Crippen LogP contribution in [0.25, 0.3) is 5.69 Å². The summed E-state index contributed by atoms with van der Waals surface area (Å²) < 4.78 is 8.60. The summed E-state index contributed by atoms with van der Waals surface area (Å²) in [6.45, 7) is 7.80.